The molecule has 0 bridgehead atoms. The number of likely N-dealkylation sites (N-methyl/N-ethyl adjacent to an activating group) is 1. The topological polar surface area (TPSA) is 108 Å². The molecule has 0 fully saturated rings. The van der Waals surface area contributed by atoms with E-state index in [1.54, 1.807) is 43.4 Å². The molecule has 0 radical (unpaired) electrons. The Morgan fingerprint density at radius 3 is 2.54 bits per heavy atom. The van der Waals surface area contributed by atoms with Gasteiger partial charge in [-0.3, -0.25) is 9.59 Å². The second-order valence-electron chi connectivity index (χ2n) is 6.50. The quantitative estimate of drug-likeness (QED) is 0.816. The van der Waals surface area contributed by atoms with E-state index in [1.807, 2.05) is 6.92 Å². The Hall–Kier alpha value is -3.20. The molecule has 1 heterocycles. The number of amidine groups is 1. The molecule has 28 heavy (non-hydrogen) atoms. The normalized spacial score (nSPS) is 14.0. The first-order valence-corrected chi connectivity index (χ1v) is 9.95. The van der Waals surface area contributed by atoms with Gasteiger partial charge in [0.25, 0.3) is 10.0 Å². The number of carbonyl (C=O) groups excluding carboxylic acids is 2. The van der Waals surface area contributed by atoms with Crippen LogP contribution in [0.15, 0.2) is 51.8 Å². The van der Waals surface area contributed by atoms with Crippen LogP contribution in [0.3, 0.4) is 0 Å². The van der Waals surface area contributed by atoms with Gasteiger partial charge in [-0.05, 0) is 36.8 Å². The Labute approximate surface area is 163 Å². The molecular weight excluding hydrogens is 380 g/mol. The van der Waals surface area contributed by atoms with E-state index >= 15 is 0 Å². The van der Waals surface area contributed by atoms with Crippen molar-refractivity contribution in [1.82, 2.24) is 4.90 Å². The fourth-order valence-corrected chi connectivity index (χ4v) is 4.13. The first kappa shape index (κ1) is 19.6. The average molecular weight is 400 g/mol. The molecule has 2 aromatic carbocycles. The van der Waals surface area contributed by atoms with Crippen LogP contribution in [0.1, 0.15) is 18.1 Å². The van der Waals surface area contributed by atoms with Gasteiger partial charge >= 0.3 is 0 Å². The summed E-state index contributed by atoms with van der Waals surface area (Å²) in [5, 5.41) is 5.45. The highest BCUT2D eigenvalue weighted by atomic mass is 32.2. The lowest BCUT2D eigenvalue weighted by atomic mass is 10.1. The van der Waals surface area contributed by atoms with Crippen molar-refractivity contribution in [2.75, 3.05) is 24.2 Å². The van der Waals surface area contributed by atoms with Crippen LogP contribution in [0, 0.1) is 6.92 Å². The second-order valence-corrected chi connectivity index (χ2v) is 8.07. The van der Waals surface area contributed by atoms with Gasteiger partial charge in [-0.15, -0.1) is 4.40 Å². The molecule has 1 aliphatic rings. The monoisotopic (exact) mass is 400 g/mol. The number of fused-ring (bicyclic) bond motifs is 1. The van der Waals surface area contributed by atoms with Crippen LogP contribution in [0.4, 0.5) is 11.4 Å². The number of rotatable bonds is 4. The minimum Gasteiger partial charge on any atom is -0.349 e. The lowest BCUT2D eigenvalue weighted by molar-refractivity contribution is -0.116. The third-order valence-corrected chi connectivity index (χ3v) is 5.51. The molecule has 3 rings (SSSR count). The van der Waals surface area contributed by atoms with Crippen molar-refractivity contribution in [2.24, 2.45) is 4.40 Å². The summed E-state index contributed by atoms with van der Waals surface area (Å²) in [5.41, 5.74) is 2.47. The van der Waals surface area contributed by atoms with Crippen molar-refractivity contribution >= 4 is 39.0 Å². The predicted octanol–water partition coefficient (Wildman–Crippen LogP) is 1.97. The van der Waals surface area contributed by atoms with Gasteiger partial charge in [0.1, 0.15) is 4.90 Å². The number of amides is 2. The Bertz CT molecular complexity index is 1090. The molecular formula is C19H20N4O4S. The highest BCUT2D eigenvalue weighted by molar-refractivity contribution is 7.90. The summed E-state index contributed by atoms with van der Waals surface area (Å²) in [6.07, 6.45) is 0. The molecule has 9 heteroatoms. The molecule has 2 amide bonds. The second kappa shape index (κ2) is 7.43. The van der Waals surface area contributed by atoms with E-state index in [9.17, 15) is 18.0 Å². The first-order chi connectivity index (χ1) is 13.2. The number of sulfonamides is 1. The minimum absolute atomic E-state index is 0.0912. The largest absolute Gasteiger partial charge is 0.349 e. The summed E-state index contributed by atoms with van der Waals surface area (Å²) < 4.78 is 28.1. The predicted molar refractivity (Wildman–Crippen MR) is 107 cm³/mol. The van der Waals surface area contributed by atoms with Crippen LogP contribution in [0.2, 0.25) is 0 Å². The van der Waals surface area contributed by atoms with Crippen LogP contribution in [0.5, 0.6) is 0 Å². The van der Waals surface area contributed by atoms with Crippen molar-refractivity contribution in [3.05, 3.63) is 53.6 Å². The fraction of sp³-hybridized carbons (Fsp3) is 0.211. The van der Waals surface area contributed by atoms with Gasteiger partial charge in [0.05, 0.1) is 6.54 Å². The van der Waals surface area contributed by atoms with Gasteiger partial charge in [0.15, 0.2) is 5.84 Å². The Balaban J connectivity index is 1.73. The molecule has 0 atom stereocenters. The Kier molecular flexibility index (Phi) is 5.19. The SMILES string of the molecule is CC(=O)Nc1cc(NC(=O)CN(C)C2=NS(=O)(=O)c3ccccc32)ccc1C. The van der Waals surface area contributed by atoms with Crippen LogP contribution >= 0.6 is 0 Å². The molecule has 0 aromatic heterocycles. The van der Waals surface area contributed by atoms with E-state index in [0.717, 1.165) is 5.56 Å². The molecule has 0 aliphatic carbocycles. The molecule has 2 N–H and O–H groups in total. The third kappa shape index (κ3) is 4.04. The van der Waals surface area contributed by atoms with E-state index in [1.165, 1.54) is 17.9 Å². The van der Waals surface area contributed by atoms with Crippen molar-refractivity contribution in [3.8, 4) is 0 Å². The number of anilines is 2. The van der Waals surface area contributed by atoms with Gasteiger partial charge in [-0.2, -0.15) is 8.42 Å². The number of hydrogen-bond donors (Lipinski definition) is 2. The molecule has 0 saturated heterocycles. The Morgan fingerprint density at radius 1 is 1.11 bits per heavy atom. The smallest absolute Gasteiger partial charge is 0.285 e. The summed E-state index contributed by atoms with van der Waals surface area (Å²) in [6, 6.07) is 11.7. The van der Waals surface area contributed by atoms with Crippen LogP contribution in [-0.2, 0) is 19.6 Å². The van der Waals surface area contributed by atoms with Crippen molar-refractivity contribution in [3.63, 3.8) is 0 Å². The molecule has 0 unspecified atom stereocenters. The zero-order valence-corrected chi connectivity index (χ0v) is 16.5. The number of benzene rings is 2. The zero-order chi connectivity index (χ0) is 20.5. The number of aryl methyl sites for hydroxylation is 1. The van der Waals surface area contributed by atoms with E-state index in [-0.39, 0.29) is 29.1 Å². The maximum absolute atomic E-state index is 12.4. The molecule has 0 spiro atoms. The molecule has 8 nitrogen and oxygen atoms in total. The number of carbonyl (C=O) groups is 2. The van der Waals surface area contributed by atoms with Gasteiger partial charge in [0.2, 0.25) is 11.8 Å². The summed E-state index contributed by atoms with van der Waals surface area (Å²) in [5.74, 6) is -0.316. The maximum Gasteiger partial charge on any atom is 0.285 e. The third-order valence-electron chi connectivity index (χ3n) is 4.19. The number of nitrogens with zero attached hydrogens (tertiary/aromatic N) is 2. The van der Waals surface area contributed by atoms with Crippen molar-refractivity contribution in [2.45, 2.75) is 18.7 Å². The lowest BCUT2D eigenvalue weighted by Gasteiger charge is -2.19. The van der Waals surface area contributed by atoms with Crippen molar-refractivity contribution in [1.29, 1.82) is 0 Å². The number of hydrogen-bond acceptors (Lipinski definition) is 5. The molecule has 2 aromatic rings. The lowest BCUT2D eigenvalue weighted by Crippen LogP contribution is -2.34. The minimum atomic E-state index is -3.74. The molecule has 0 saturated carbocycles. The van der Waals surface area contributed by atoms with Gasteiger partial charge in [0, 0.05) is 30.9 Å². The van der Waals surface area contributed by atoms with Crippen molar-refractivity contribution < 1.29 is 18.0 Å². The summed E-state index contributed by atoms with van der Waals surface area (Å²) in [7, 11) is -2.14. The zero-order valence-electron chi connectivity index (χ0n) is 15.7. The molecule has 146 valence electrons. The Morgan fingerprint density at radius 2 is 1.82 bits per heavy atom. The highest BCUT2D eigenvalue weighted by Crippen LogP contribution is 2.27. The van der Waals surface area contributed by atoms with E-state index < -0.39 is 10.0 Å². The van der Waals surface area contributed by atoms with E-state index in [4.69, 9.17) is 0 Å². The van der Waals surface area contributed by atoms with E-state index in [2.05, 4.69) is 15.0 Å². The van der Waals surface area contributed by atoms with Gasteiger partial charge in [-0.25, -0.2) is 0 Å². The average Bonchev–Trinajstić information content (AvgIpc) is 2.89. The maximum atomic E-state index is 12.4. The van der Waals surface area contributed by atoms with E-state index in [0.29, 0.717) is 16.9 Å². The highest BCUT2D eigenvalue weighted by Gasteiger charge is 2.30. The van der Waals surface area contributed by atoms with Gasteiger partial charge < -0.3 is 15.5 Å². The summed E-state index contributed by atoms with van der Waals surface area (Å²) in [6.45, 7) is 3.17. The summed E-state index contributed by atoms with van der Waals surface area (Å²) >= 11 is 0. The number of nitrogens with one attached hydrogen (secondary N) is 2. The molecule has 1 aliphatic heterocycles. The fourth-order valence-electron chi connectivity index (χ4n) is 2.88. The van der Waals surface area contributed by atoms with Crippen LogP contribution < -0.4 is 10.6 Å². The summed E-state index contributed by atoms with van der Waals surface area (Å²) in [4.78, 5) is 25.3. The van der Waals surface area contributed by atoms with Gasteiger partial charge in [-0.1, -0.05) is 18.2 Å². The standard InChI is InChI=1S/C19H20N4O4S/c1-12-8-9-14(10-16(12)20-13(2)24)21-18(25)11-23(3)19-15-6-4-5-7-17(15)28(26,27)22-19/h4-10H,11H2,1-3H3,(H,20,24)(H,21,25). The first-order valence-electron chi connectivity index (χ1n) is 8.51. The van der Waals surface area contributed by atoms with Crippen LogP contribution in [0.25, 0.3) is 0 Å². The van der Waals surface area contributed by atoms with Crippen LogP contribution in [-0.4, -0.2) is 44.6 Å².